The average molecular weight is 205 g/mol. The molecule has 15 heavy (non-hydrogen) atoms. The summed E-state index contributed by atoms with van der Waals surface area (Å²) in [6, 6.07) is 6.10. The van der Waals surface area contributed by atoms with E-state index < -0.39 is 0 Å². The molecule has 0 aliphatic carbocycles. The number of benzene rings is 1. The highest BCUT2D eigenvalue weighted by Crippen LogP contribution is 2.23. The fourth-order valence-electron chi connectivity index (χ4n) is 1.42. The lowest BCUT2D eigenvalue weighted by Crippen LogP contribution is -2.00. The maximum atomic E-state index is 5.77. The molecule has 0 atom stereocenters. The Balaban J connectivity index is 2.20. The third-order valence-corrected chi connectivity index (χ3v) is 2.26. The average Bonchev–Trinajstić information content (AvgIpc) is 2.63. The van der Waals surface area contributed by atoms with Gasteiger partial charge in [0.25, 0.3) is 6.01 Å². The summed E-state index contributed by atoms with van der Waals surface area (Å²) in [5, 5.41) is 3.13. The number of nitrogens with one attached hydrogen (secondary N) is 1. The van der Waals surface area contributed by atoms with Gasteiger partial charge in [0.05, 0.1) is 5.69 Å². The Morgan fingerprint density at radius 2 is 2.33 bits per heavy atom. The second-order valence-corrected chi connectivity index (χ2v) is 3.49. The lowest BCUT2D eigenvalue weighted by atomic mass is 10.3. The van der Waals surface area contributed by atoms with Crippen LogP contribution in [-0.4, -0.2) is 11.5 Å². The quantitative estimate of drug-likeness (QED) is 0.595. The summed E-state index contributed by atoms with van der Waals surface area (Å²) in [4.78, 5) is 4.28. The van der Waals surface area contributed by atoms with Crippen LogP contribution < -0.4 is 11.1 Å². The number of unbranched alkanes of at least 4 members (excludes halogenated alkanes) is 1. The SMILES string of the molecule is CCCCNc1nc2c(N)cccc2o1. The van der Waals surface area contributed by atoms with Crippen molar-refractivity contribution in [1.82, 2.24) is 4.98 Å². The minimum Gasteiger partial charge on any atom is -0.423 e. The molecule has 0 fully saturated rings. The van der Waals surface area contributed by atoms with Crippen LogP contribution in [0.2, 0.25) is 0 Å². The largest absolute Gasteiger partial charge is 0.423 e. The zero-order valence-electron chi connectivity index (χ0n) is 8.79. The smallest absolute Gasteiger partial charge is 0.295 e. The Morgan fingerprint density at radius 3 is 3.07 bits per heavy atom. The number of para-hydroxylation sites is 1. The summed E-state index contributed by atoms with van der Waals surface area (Å²) in [6.45, 7) is 3.02. The molecule has 0 radical (unpaired) electrons. The van der Waals surface area contributed by atoms with Gasteiger partial charge in [0.2, 0.25) is 0 Å². The molecule has 0 aliphatic rings. The van der Waals surface area contributed by atoms with Crippen molar-refractivity contribution in [2.24, 2.45) is 0 Å². The standard InChI is InChI=1S/C11H15N3O/c1-2-3-7-13-11-14-10-8(12)5-4-6-9(10)15-11/h4-6H,2-3,7,12H2,1H3,(H,13,14). The number of nitrogens with two attached hydrogens (primary N) is 1. The van der Waals surface area contributed by atoms with Crippen molar-refractivity contribution in [1.29, 1.82) is 0 Å². The zero-order chi connectivity index (χ0) is 10.7. The fourth-order valence-corrected chi connectivity index (χ4v) is 1.42. The van der Waals surface area contributed by atoms with E-state index in [2.05, 4.69) is 17.2 Å². The predicted octanol–water partition coefficient (Wildman–Crippen LogP) is 2.62. The number of nitrogen functional groups attached to an aromatic ring is 1. The van der Waals surface area contributed by atoms with Crippen molar-refractivity contribution < 1.29 is 4.42 Å². The van der Waals surface area contributed by atoms with Crippen molar-refractivity contribution in [2.45, 2.75) is 19.8 Å². The van der Waals surface area contributed by atoms with E-state index >= 15 is 0 Å². The van der Waals surface area contributed by atoms with Crippen LogP contribution in [0.15, 0.2) is 22.6 Å². The molecule has 3 N–H and O–H groups in total. The van der Waals surface area contributed by atoms with Crippen LogP contribution in [0.4, 0.5) is 11.7 Å². The molecule has 4 nitrogen and oxygen atoms in total. The van der Waals surface area contributed by atoms with Gasteiger partial charge in [0, 0.05) is 6.54 Å². The molecule has 2 rings (SSSR count). The first kappa shape index (κ1) is 9.83. The van der Waals surface area contributed by atoms with Crippen LogP contribution in [0.25, 0.3) is 11.1 Å². The van der Waals surface area contributed by atoms with Gasteiger partial charge in [-0.2, -0.15) is 4.98 Å². The lowest BCUT2D eigenvalue weighted by molar-refractivity contribution is 0.611. The highest BCUT2D eigenvalue weighted by atomic mass is 16.4. The molecule has 0 saturated heterocycles. The normalized spacial score (nSPS) is 10.7. The van der Waals surface area contributed by atoms with E-state index in [0.717, 1.165) is 30.5 Å². The van der Waals surface area contributed by atoms with Crippen molar-refractivity contribution in [3.63, 3.8) is 0 Å². The second-order valence-electron chi connectivity index (χ2n) is 3.49. The molecule has 0 aliphatic heterocycles. The summed E-state index contributed by atoms with van der Waals surface area (Å²) in [7, 11) is 0. The number of anilines is 2. The Labute approximate surface area is 88.5 Å². The van der Waals surface area contributed by atoms with E-state index in [-0.39, 0.29) is 0 Å². The van der Waals surface area contributed by atoms with Gasteiger partial charge in [-0.3, -0.25) is 0 Å². The summed E-state index contributed by atoms with van der Waals surface area (Å²) >= 11 is 0. The molecule has 1 aromatic heterocycles. The molecule has 0 spiro atoms. The van der Waals surface area contributed by atoms with E-state index in [0.29, 0.717) is 11.7 Å². The van der Waals surface area contributed by atoms with Crippen LogP contribution in [-0.2, 0) is 0 Å². The third kappa shape index (κ3) is 2.03. The Hall–Kier alpha value is -1.71. The number of hydrogen-bond acceptors (Lipinski definition) is 4. The number of fused-ring (bicyclic) bond motifs is 1. The van der Waals surface area contributed by atoms with E-state index in [1.165, 1.54) is 0 Å². The van der Waals surface area contributed by atoms with Gasteiger partial charge in [-0.25, -0.2) is 0 Å². The van der Waals surface area contributed by atoms with Crippen LogP contribution in [0.3, 0.4) is 0 Å². The van der Waals surface area contributed by atoms with Crippen LogP contribution in [0.1, 0.15) is 19.8 Å². The number of hydrogen-bond donors (Lipinski definition) is 2. The summed E-state index contributed by atoms with van der Waals surface area (Å²) in [6.07, 6.45) is 2.25. The topological polar surface area (TPSA) is 64.1 Å². The number of aromatic nitrogens is 1. The van der Waals surface area contributed by atoms with Gasteiger partial charge in [0.15, 0.2) is 5.58 Å². The van der Waals surface area contributed by atoms with Gasteiger partial charge < -0.3 is 15.5 Å². The monoisotopic (exact) mass is 205 g/mol. The molecule has 4 heteroatoms. The third-order valence-electron chi connectivity index (χ3n) is 2.26. The minimum absolute atomic E-state index is 0.552. The molecular weight excluding hydrogens is 190 g/mol. The zero-order valence-corrected chi connectivity index (χ0v) is 8.79. The summed E-state index contributed by atoms with van der Waals surface area (Å²) < 4.78 is 5.49. The van der Waals surface area contributed by atoms with Gasteiger partial charge in [0.1, 0.15) is 5.52 Å². The highest BCUT2D eigenvalue weighted by Gasteiger charge is 2.06. The molecule has 0 unspecified atom stereocenters. The maximum Gasteiger partial charge on any atom is 0.295 e. The number of nitrogens with zero attached hydrogens (tertiary/aromatic N) is 1. The van der Waals surface area contributed by atoms with Gasteiger partial charge in [-0.1, -0.05) is 19.4 Å². The molecule has 0 bridgehead atoms. The Bertz CT molecular complexity index is 450. The van der Waals surface area contributed by atoms with E-state index in [1.807, 2.05) is 18.2 Å². The second kappa shape index (κ2) is 4.21. The highest BCUT2D eigenvalue weighted by molar-refractivity contribution is 5.86. The van der Waals surface area contributed by atoms with Gasteiger partial charge in [-0.05, 0) is 18.6 Å². The molecule has 2 aromatic rings. The van der Waals surface area contributed by atoms with Crippen LogP contribution in [0, 0.1) is 0 Å². The number of oxazole rings is 1. The Kier molecular flexibility index (Phi) is 2.76. The molecule has 1 aromatic carbocycles. The van der Waals surface area contributed by atoms with Crippen molar-refractivity contribution >= 4 is 22.8 Å². The van der Waals surface area contributed by atoms with Crippen molar-refractivity contribution in [3.8, 4) is 0 Å². The summed E-state index contributed by atoms with van der Waals surface area (Å²) in [5.41, 5.74) is 7.89. The molecular formula is C11H15N3O. The fraction of sp³-hybridized carbons (Fsp3) is 0.364. The first-order valence-electron chi connectivity index (χ1n) is 5.20. The molecule has 1 heterocycles. The van der Waals surface area contributed by atoms with Crippen LogP contribution >= 0.6 is 0 Å². The first-order chi connectivity index (χ1) is 7.31. The van der Waals surface area contributed by atoms with Gasteiger partial charge in [-0.15, -0.1) is 0 Å². The predicted molar refractivity (Wildman–Crippen MR) is 61.8 cm³/mol. The van der Waals surface area contributed by atoms with Crippen molar-refractivity contribution in [2.75, 3.05) is 17.6 Å². The number of rotatable bonds is 4. The maximum absolute atomic E-state index is 5.77. The lowest BCUT2D eigenvalue weighted by Gasteiger charge is -1.97. The van der Waals surface area contributed by atoms with Crippen molar-refractivity contribution in [3.05, 3.63) is 18.2 Å². The van der Waals surface area contributed by atoms with E-state index in [9.17, 15) is 0 Å². The molecule has 80 valence electrons. The van der Waals surface area contributed by atoms with Crippen LogP contribution in [0.5, 0.6) is 0 Å². The van der Waals surface area contributed by atoms with E-state index in [1.54, 1.807) is 0 Å². The molecule has 0 saturated carbocycles. The van der Waals surface area contributed by atoms with Gasteiger partial charge >= 0.3 is 0 Å². The molecule has 0 amide bonds. The Morgan fingerprint density at radius 1 is 1.47 bits per heavy atom. The first-order valence-corrected chi connectivity index (χ1v) is 5.20. The summed E-state index contributed by atoms with van der Waals surface area (Å²) in [5.74, 6) is 0. The van der Waals surface area contributed by atoms with E-state index in [4.69, 9.17) is 10.2 Å². The minimum atomic E-state index is 0.552.